The van der Waals surface area contributed by atoms with Crippen molar-refractivity contribution < 1.29 is 27.6 Å². The van der Waals surface area contributed by atoms with E-state index in [1.165, 1.54) is 20.1 Å². The molecule has 0 aliphatic heterocycles. The van der Waals surface area contributed by atoms with E-state index >= 15 is 0 Å². The van der Waals surface area contributed by atoms with Crippen LogP contribution in [0.4, 0.5) is 5.69 Å². The number of benzene rings is 2. The van der Waals surface area contributed by atoms with E-state index in [2.05, 4.69) is 14.9 Å². The Labute approximate surface area is 177 Å². The summed E-state index contributed by atoms with van der Waals surface area (Å²) in [5.41, 5.74) is 1.48. The molecule has 2 N–H and O–H groups in total. The lowest BCUT2D eigenvalue weighted by atomic mass is 10.1. The second-order valence-electron chi connectivity index (χ2n) is 6.44. The van der Waals surface area contributed by atoms with Crippen molar-refractivity contribution in [3.8, 4) is 11.5 Å². The van der Waals surface area contributed by atoms with Crippen molar-refractivity contribution in [3.63, 3.8) is 0 Å². The third kappa shape index (κ3) is 4.30. The highest BCUT2D eigenvalue weighted by atomic mass is 35.5. The Kier molecular flexibility index (Phi) is 6.11. The number of carboxylic acids is 1. The lowest BCUT2D eigenvalue weighted by Gasteiger charge is -2.14. The average molecular weight is 452 g/mol. The van der Waals surface area contributed by atoms with Crippen molar-refractivity contribution in [1.82, 2.24) is 10.1 Å². The number of aromatic nitrogens is 2. The highest BCUT2D eigenvalue weighted by Crippen LogP contribution is 2.32. The van der Waals surface area contributed by atoms with Gasteiger partial charge in [-0.2, -0.15) is 4.98 Å². The van der Waals surface area contributed by atoms with Gasteiger partial charge in [-0.3, -0.25) is 4.72 Å². The van der Waals surface area contributed by atoms with Gasteiger partial charge in [0.2, 0.25) is 0 Å². The molecule has 1 heterocycles. The summed E-state index contributed by atoms with van der Waals surface area (Å²) in [5, 5.41) is 13.0. The number of nitrogens with zero attached hydrogens (tertiary/aromatic N) is 2. The first-order chi connectivity index (χ1) is 14.1. The van der Waals surface area contributed by atoms with E-state index in [1.54, 1.807) is 25.1 Å². The van der Waals surface area contributed by atoms with E-state index in [-0.39, 0.29) is 33.7 Å². The lowest BCUT2D eigenvalue weighted by molar-refractivity contribution is 0.0696. The maximum Gasteiger partial charge on any atom is 0.335 e. The minimum absolute atomic E-state index is 0.0533. The minimum Gasteiger partial charge on any atom is -0.478 e. The summed E-state index contributed by atoms with van der Waals surface area (Å²) < 4.78 is 38.6. The molecule has 158 valence electrons. The van der Waals surface area contributed by atoms with Crippen LogP contribution in [0.15, 0.2) is 39.8 Å². The van der Waals surface area contributed by atoms with Gasteiger partial charge in [0.25, 0.3) is 15.9 Å². The van der Waals surface area contributed by atoms with Crippen LogP contribution >= 0.6 is 11.6 Å². The summed E-state index contributed by atoms with van der Waals surface area (Å²) in [4.78, 5) is 15.2. The second kappa shape index (κ2) is 8.42. The third-order valence-corrected chi connectivity index (χ3v) is 6.31. The molecule has 0 aliphatic carbocycles. The minimum atomic E-state index is -4.18. The number of anilines is 1. The van der Waals surface area contributed by atoms with E-state index in [1.807, 2.05) is 0 Å². The molecule has 0 spiro atoms. The molecule has 0 atom stereocenters. The Balaban J connectivity index is 2.01. The van der Waals surface area contributed by atoms with Crippen LogP contribution in [0.5, 0.6) is 0 Å². The van der Waals surface area contributed by atoms with Gasteiger partial charge in [0, 0.05) is 12.7 Å². The van der Waals surface area contributed by atoms with Crippen molar-refractivity contribution >= 4 is 33.3 Å². The molecule has 11 heteroatoms. The summed E-state index contributed by atoms with van der Waals surface area (Å²) in [7, 11) is -2.68. The molecule has 2 aromatic carbocycles. The first-order valence-electron chi connectivity index (χ1n) is 8.62. The summed E-state index contributed by atoms with van der Waals surface area (Å²) >= 11 is 6.16. The van der Waals surface area contributed by atoms with Gasteiger partial charge < -0.3 is 14.4 Å². The highest BCUT2D eigenvalue weighted by molar-refractivity contribution is 7.92. The van der Waals surface area contributed by atoms with Crippen LogP contribution in [-0.2, 0) is 21.4 Å². The normalized spacial score (nSPS) is 11.5. The predicted octanol–water partition coefficient (Wildman–Crippen LogP) is 3.65. The Morgan fingerprint density at radius 1 is 1.30 bits per heavy atom. The van der Waals surface area contributed by atoms with E-state index < -0.39 is 16.0 Å². The number of aryl methyl sites for hydroxylation is 1. The number of carboxylic acid groups (broad SMARTS) is 1. The number of hydrogen-bond donors (Lipinski definition) is 2. The van der Waals surface area contributed by atoms with Gasteiger partial charge in [-0.1, -0.05) is 22.8 Å². The first-order valence-corrected chi connectivity index (χ1v) is 10.5. The van der Waals surface area contributed by atoms with Crippen molar-refractivity contribution in [2.24, 2.45) is 0 Å². The topological polar surface area (TPSA) is 132 Å². The standard InChI is InChI=1S/C19H18ClN3O6S/c1-10-7-12(19(24)25)8-15(17(10)20)30(26,27)23-14-6-4-5-13(11(14)2)18-21-16(9-28-3)22-29-18/h4-8,23H,9H2,1-3H3,(H,24,25). The monoisotopic (exact) mass is 451 g/mol. The van der Waals surface area contributed by atoms with Crippen LogP contribution in [0.1, 0.15) is 27.3 Å². The van der Waals surface area contributed by atoms with Crippen molar-refractivity contribution in [1.29, 1.82) is 0 Å². The van der Waals surface area contributed by atoms with Gasteiger partial charge in [-0.25, -0.2) is 13.2 Å². The number of nitrogens with one attached hydrogen (secondary N) is 1. The van der Waals surface area contributed by atoms with Crippen molar-refractivity contribution in [3.05, 3.63) is 57.9 Å². The summed E-state index contributed by atoms with van der Waals surface area (Å²) in [5.74, 6) is -0.694. The van der Waals surface area contributed by atoms with E-state index in [0.29, 0.717) is 22.5 Å². The predicted molar refractivity (Wildman–Crippen MR) is 109 cm³/mol. The van der Waals surface area contributed by atoms with Gasteiger partial charge in [0.05, 0.1) is 16.3 Å². The number of carbonyl (C=O) groups is 1. The number of sulfonamides is 1. The number of aromatic carboxylic acids is 1. The first kappa shape index (κ1) is 21.8. The summed E-state index contributed by atoms with van der Waals surface area (Å²) in [6.07, 6.45) is 0. The molecule has 0 aliphatic rings. The van der Waals surface area contributed by atoms with Crippen LogP contribution in [0.3, 0.4) is 0 Å². The molecule has 9 nitrogen and oxygen atoms in total. The number of halogens is 1. The molecule has 0 bridgehead atoms. The molecule has 1 aromatic heterocycles. The number of hydrogen-bond acceptors (Lipinski definition) is 7. The molecule has 0 saturated heterocycles. The molecule has 0 amide bonds. The van der Waals surface area contributed by atoms with Crippen LogP contribution < -0.4 is 4.72 Å². The second-order valence-corrected chi connectivity index (χ2v) is 8.47. The molecule has 3 rings (SSSR count). The number of rotatable bonds is 7. The molecular weight excluding hydrogens is 434 g/mol. The Morgan fingerprint density at radius 2 is 2.03 bits per heavy atom. The van der Waals surface area contributed by atoms with Crippen molar-refractivity contribution in [2.45, 2.75) is 25.3 Å². The molecule has 0 radical (unpaired) electrons. The lowest BCUT2D eigenvalue weighted by Crippen LogP contribution is -2.16. The zero-order valence-corrected chi connectivity index (χ0v) is 17.8. The molecule has 0 unspecified atom stereocenters. The molecular formula is C19H18ClN3O6S. The van der Waals surface area contributed by atoms with Crippen LogP contribution in [0.25, 0.3) is 11.5 Å². The number of ether oxygens (including phenoxy) is 1. The SMILES string of the molecule is COCc1noc(-c2cccc(NS(=O)(=O)c3cc(C(=O)O)cc(C)c3Cl)c2C)n1. The van der Waals surface area contributed by atoms with Gasteiger partial charge >= 0.3 is 5.97 Å². The largest absolute Gasteiger partial charge is 0.478 e. The average Bonchev–Trinajstić information content (AvgIpc) is 3.13. The fraction of sp³-hybridized carbons (Fsp3) is 0.211. The molecule has 3 aromatic rings. The summed E-state index contributed by atoms with van der Waals surface area (Å²) in [6.45, 7) is 3.40. The Morgan fingerprint density at radius 3 is 2.70 bits per heavy atom. The highest BCUT2D eigenvalue weighted by Gasteiger charge is 2.24. The quantitative estimate of drug-likeness (QED) is 0.556. The Hall–Kier alpha value is -2.95. The fourth-order valence-electron chi connectivity index (χ4n) is 2.78. The van der Waals surface area contributed by atoms with Crippen LogP contribution in [0.2, 0.25) is 5.02 Å². The van der Waals surface area contributed by atoms with Gasteiger partial charge in [-0.05, 0) is 49.2 Å². The van der Waals surface area contributed by atoms with E-state index in [9.17, 15) is 18.3 Å². The zero-order valence-electron chi connectivity index (χ0n) is 16.3. The maximum atomic E-state index is 13.0. The third-order valence-electron chi connectivity index (χ3n) is 4.31. The zero-order chi connectivity index (χ0) is 22.1. The smallest absolute Gasteiger partial charge is 0.335 e. The number of methoxy groups -OCH3 is 1. The van der Waals surface area contributed by atoms with E-state index in [0.717, 1.165) is 6.07 Å². The molecule has 0 fully saturated rings. The van der Waals surface area contributed by atoms with Gasteiger partial charge in [0.1, 0.15) is 11.5 Å². The van der Waals surface area contributed by atoms with Gasteiger partial charge in [0.15, 0.2) is 5.82 Å². The molecule has 0 saturated carbocycles. The summed E-state index contributed by atoms with van der Waals surface area (Å²) in [6, 6.07) is 7.22. The van der Waals surface area contributed by atoms with Crippen LogP contribution in [-0.4, -0.2) is 36.7 Å². The maximum absolute atomic E-state index is 13.0. The van der Waals surface area contributed by atoms with Crippen LogP contribution in [0, 0.1) is 13.8 Å². The van der Waals surface area contributed by atoms with Gasteiger partial charge in [-0.15, -0.1) is 0 Å². The molecule has 30 heavy (non-hydrogen) atoms. The fourth-order valence-corrected chi connectivity index (χ4v) is 4.50. The van der Waals surface area contributed by atoms with E-state index in [4.69, 9.17) is 20.9 Å². The Bertz CT molecular complexity index is 1220. The van der Waals surface area contributed by atoms with Crippen molar-refractivity contribution in [2.75, 3.05) is 11.8 Å².